The Labute approximate surface area is 281 Å². The summed E-state index contributed by atoms with van der Waals surface area (Å²) in [6, 6.07) is 4.03. The number of likely N-dealkylation sites (N-methyl/N-ethyl adjacent to an activating group) is 1. The van der Waals surface area contributed by atoms with Crippen LogP contribution in [-0.4, -0.2) is 97.1 Å². The van der Waals surface area contributed by atoms with Gasteiger partial charge in [-0.15, -0.1) is 0 Å². The fourth-order valence-corrected chi connectivity index (χ4v) is 9.57. The minimum atomic E-state index is -5.28. The summed E-state index contributed by atoms with van der Waals surface area (Å²) in [5.74, 6) is -5.26. The second kappa shape index (κ2) is 11.2. The van der Waals surface area contributed by atoms with E-state index in [0.29, 0.717) is 25.9 Å². The van der Waals surface area contributed by atoms with Crippen molar-refractivity contribution in [3.05, 3.63) is 40.0 Å². The number of nitrogens with one attached hydrogen (secondary N) is 2. The molecule has 254 valence electrons. The molecular weight excluding hydrogens is 693 g/mol. The van der Waals surface area contributed by atoms with Gasteiger partial charge < -0.3 is 25.0 Å². The van der Waals surface area contributed by atoms with E-state index in [1.165, 1.54) is 10.5 Å². The van der Waals surface area contributed by atoms with Crippen LogP contribution < -0.4 is 5.32 Å². The molecule has 2 aromatic rings. The quantitative estimate of drug-likeness (QED) is 0.313. The van der Waals surface area contributed by atoms with Crippen molar-refractivity contribution in [2.24, 2.45) is 17.8 Å². The second-order valence-corrected chi connectivity index (χ2v) is 16.2. The smallest absolute Gasteiger partial charge is 0.349 e. The summed E-state index contributed by atoms with van der Waals surface area (Å²) in [6.45, 7) is 7.90. The molecule has 3 amide bonds. The number of fused-ring (bicyclic) bond motifs is 5. The van der Waals surface area contributed by atoms with Gasteiger partial charge >= 0.3 is 7.82 Å². The normalized spacial score (nSPS) is 32.3. The van der Waals surface area contributed by atoms with Gasteiger partial charge in [-0.05, 0) is 77.3 Å². The summed E-state index contributed by atoms with van der Waals surface area (Å²) in [7, 11) is -3.31. The second-order valence-electron chi connectivity index (χ2n) is 14.2. The van der Waals surface area contributed by atoms with Crippen molar-refractivity contribution in [2.45, 2.75) is 83.1 Å². The number of hydrogen-bond donors (Lipinski definition) is 4. The molecule has 5 heterocycles. The summed E-state index contributed by atoms with van der Waals surface area (Å²) in [6.07, 6.45) is 3.78. The van der Waals surface area contributed by atoms with Gasteiger partial charge in [0, 0.05) is 36.0 Å². The van der Waals surface area contributed by atoms with Gasteiger partial charge in [0.2, 0.25) is 17.5 Å². The summed E-state index contributed by atoms with van der Waals surface area (Å²) in [5, 5.41) is 4.02. The van der Waals surface area contributed by atoms with Crippen molar-refractivity contribution in [3.8, 4) is 0 Å². The highest BCUT2D eigenvalue weighted by atomic mass is 79.9. The van der Waals surface area contributed by atoms with E-state index in [2.05, 4.69) is 37.2 Å². The predicted molar refractivity (Wildman–Crippen MR) is 175 cm³/mol. The van der Waals surface area contributed by atoms with Crippen LogP contribution in [0.5, 0.6) is 0 Å². The highest BCUT2D eigenvalue weighted by molar-refractivity contribution is 9.10. The first-order valence-electron chi connectivity index (χ1n) is 16.2. The maximum absolute atomic E-state index is 14.7. The van der Waals surface area contributed by atoms with E-state index in [1.807, 2.05) is 39.1 Å². The number of amides is 3. The number of nitrogens with zero attached hydrogens (tertiary/aromatic N) is 3. The number of halogens is 1. The Balaban J connectivity index is 1.29. The number of H-pyrrole nitrogens is 1. The number of ether oxygens (including phenoxy) is 1. The number of aromatic amines is 1. The van der Waals surface area contributed by atoms with E-state index in [4.69, 9.17) is 9.26 Å². The SMILES string of the molecule is CC(C)C[C@H]1C(=O)N2CCC[C@H]2[C@]2(OP(=O)(O)O)O[C@](NC(=O)[C@@H]3C=C4c5cccc6[nH]c(Br)c(c56)C[C@H]4N(C)C3)(C(C)C)C(=O)N12. The minimum Gasteiger partial charge on any atom is -0.349 e. The first-order chi connectivity index (χ1) is 22.1. The van der Waals surface area contributed by atoms with Crippen LogP contribution in [0.2, 0.25) is 0 Å². The van der Waals surface area contributed by atoms with Crippen LogP contribution in [0.3, 0.4) is 0 Å². The van der Waals surface area contributed by atoms with Crippen molar-refractivity contribution in [3.63, 3.8) is 0 Å². The van der Waals surface area contributed by atoms with Crippen LogP contribution in [0.25, 0.3) is 16.5 Å². The van der Waals surface area contributed by atoms with Gasteiger partial charge in [-0.25, -0.2) is 9.09 Å². The third-order valence-corrected chi connectivity index (χ3v) is 11.7. The van der Waals surface area contributed by atoms with E-state index in [1.54, 1.807) is 13.8 Å². The van der Waals surface area contributed by atoms with Crippen LogP contribution in [0.4, 0.5) is 0 Å². The van der Waals surface area contributed by atoms with Gasteiger partial charge in [-0.2, -0.15) is 0 Å². The lowest BCUT2D eigenvalue weighted by Gasteiger charge is -2.51. The zero-order valence-corrected chi connectivity index (χ0v) is 29.5. The summed E-state index contributed by atoms with van der Waals surface area (Å²) in [5.41, 5.74) is 2.19. The first kappa shape index (κ1) is 32.9. The van der Waals surface area contributed by atoms with Gasteiger partial charge in [0.1, 0.15) is 12.1 Å². The molecule has 0 spiro atoms. The largest absolute Gasteiger partial charge is 0.473 e. The fraction of sp³-hybridized carbons (Fsp3) is 0.594. The van der Waals surface area contributed by atoms with Crippen LogP contribution in [0.1, 0.15) is 58.1 Å². The fourth-order valence-electron chi connectivity index (χ4n) is 8.41. The monoisotopic (exact) mass is 733 g/mol. The lowest BCUT2D eigenvalue weighted by Crippen LogP contribution is -2.71. The number of piperazine rings is 1. The Morgan fingerprint density at radius 1 is 1.26 bits per heavy atom. The molecule has 0 saturated carbocycles. The molecule has 5 aliphatic rings. The number of phosphoric ester groups is 1. The number of hydrogen-bond acceptors (Lipinski definition) is 7. The molecule has 15 heteroatoms. The zero-order chi connectivity index (χ0) is 33.8. The number of carbonyl (C=O) groups excluding carboxylic acids is 3. The Morgan fingerprint density at radius 2 is 2.00 bits per heavy atom. The van der Waals surface area contributed by atoms with Crippen molar-refractivity contribution in [1.29, 1.82) is 0 Å². The molecule has 13 nitrogen and oxygen atoms in total. The van der Waals surface area contributed by atoms with Gasteiger partial charge in [0.05, 0.1) is 10.5 Å². The molecule has 3 fully saturated rings. The summed E-state index contributed by atoms with van der Waals surface area (Å²) < 4.78 is 25.6. The van der Waals surface area contributed by atoms with Crippen molar-refractivity contribution < 1.29 is 38.0 Å². The number of benzene rings is 1. The van der Waals surface area contributed by atoms with Gasteiger partial charge in [0.25, 0.3) is 11.8 Å². The lowest BCUT2D eigenvalue weighted by atomic mass is 9.79. The molecule has 0 bridgehead atoms. The number of aromatic nitrogens is 1. The first-order valence-corrected chi connectivity index (χ1v) is 18.5. The van der Waals surface area contributed by atoms with Crippen LogP contribution in [0, 0.1) is 17.8 Å². The maximum Gasteiger partial charge on any atom is 0.473 e. The predicted octanol–water partition coefficient (Wildman–Crippen LogP) is 3.31. The molecular formula is C32H41BrN5O8P. The topological polar surface area (TPSA) is 165 Å². The Kier molecular flexibility index (Phi) is 7.87. The van der Waals surface area contributed by atoms with E-state index in [9.17, 15) is 28.7 Å². The molecule has 1 aliphatic carbocycles. The molecule has 1 aromatic carbocycles. The van der Waals surface area contributed by atoms with Crippen LogP contribution in [0.15, 0.2) is 28.9 Å². The van der Waals surface area contributed by atoms with Gasteiger partial charge in [-0.3, -0.25) is 28.9 Å². The Bertz CT molecular complexity index is 1760. The van der Waals surface area contributed by atoms with E-state index in [-0.39, 0.29) is 24.3 Å². The van der Waals surface area contributed by atoms with Gasteiger partial charge in [-0.1, -0.05) is 45.9 Å². The highest BCUT2D eigenvalue weighted by Gasteiger charge is 2.74. The summed E-state index contributed by atoms with van der Waals surface area (Å²) in [4.78, 5) is 71.5. The standard InChI is InChI=1S/C32H41BrN5O8P/c1-16(2)12-24-29(40)37-11-7-10-25(37)32(46-47(42,43)44)38(24)30(41)31(45-32,17(3)4)35-28(39)18-13-20-19-8-6-9-22-26(19)21(27(33)34-22)14-23(20)36(5)15-18/h6,8-9,13,16-18,23-25,34H,7,10-12,14-15H2,1-5H3,(H,35,39)(H2,42,43,44)/t18-,23-,24+,25+,31-,32-/m1/s1. The maximum atomic E-state index is 14.7. The Hall–Kier alpha value is -2.58. The third-order valence-electron chi connectivity index (χ3n) is 10.5. The summed E-state index contributed by atoms with van der Waals surface area (Å²) >= 11 is 3.68. The molecule has 0 radical (unpaired) electrons. The number of carbonyl (C=O) groups is 3. The number of rotatable bonds is 7. The van der Waals surface area contributed by atoms with Crippen molar-refractivity contribution >= 4 is 58.0 Å². The molecule has 3 saturated heterocycles. The lowest BCUT2D eigenvalue weighted by molar-refractivity contribution is -0.312. The number of phosphoric acid groups is 1. The molecule has 6 atom stereocenters. The minimum absolute atomic E-state index is 0.0396. The van der Waals surface area contributed by atoms with Gasteiger partial charge in [0.15, 0.2) is 0 Å². The molecule has 1 aromatic heterocycles. The van der Waals surface area contributed by atoms with Crippen LogP contribution >= 0.6 is 23.8 Å². The average molecular weight is 735 g/mol. The highest BCUT2D eigenvalue weighted by Crippen LogP contribution is 2.56. The van der Waals surface area contributed by atoms with E-state index < -0.39 is 55.2 Å². The van der Waals surface area contributed by atoms with Crippen LogP contribution in [-0.2, 0) is 34.6 Å². The molecule has 4 aliphatic heterocycles. The van der Waals surface area contributed by atoms with E-state index >= 15 is 0 Å². The zero-order valence-electron chi connectivity index (χ0n) is 27.0. The average Bonchev–Trinajstić information content (AvgIpc) is 3.66. The van der Waals surface area contributed by atoms with E-state index in [0.717, 1.165) is 38.0 Å². The van der Waals surface area contributed by atoms with Crippen molar-refractivity contribution in [2.75, 3.05) is 20.1 Å². The molecule has 7 rings (SSSR count). The molecule has 4 N–H and O–H groups in total. The molecule has 47 heavy (non-hydrogen) atoms. The van der Waals surface area contributed by atoms with Crippen molar-refractivity contribution in [1.82, 2.24) is 25.0 Å². The molecule has 0 unspecified atom stereocenters. The Morgan fingerprint density at radius 3 is 2.68 bits per heavy atom. The third kappa shape index (κ3) is 4.97.